The molecular formula is C7H14N4. The van der Waals surface area contributed by atoms with Gasteiger partial charge in [-0.1, -0.05) is 0 Å². The van der Waals surface area contributed by atoms with Crippen LogP contribution in [0.15, 0.2) is 6.20 Å². The summed E-state index contributed by atoms with van der Waals surface area (Å²) in [6.07, 6.45) is 1.68. The van der Waals surface area contributed by atoms with E-state index >= 15 is 0 Å². The predicted octanol–water partition coefficient (Wildman–Crippen LogP) is 0.551. The van der Waals surface area contributed by atoms with Gasteiger partial charge >= 0.3 is 0 Å². The molecule has 0 unspecified atom stereocenters. The van der Waals surface area contributed by atoms with Gasteiger partial charge in [0.15, 0.2) is 0 Å². The van der Waals surface area contributed by atoms with E-state index in [0.29, 0.717) is 0 Å². The standard InChI is InChI=1S/C7H14N4/c1-4-11-7(10(2)3)6(8)5-9-11/h5H,4,8H2,1-3H3. The maximum atomic E-state index is 5.69. The minimum absolute atomic E-state index is 0.733. The Morgan fingerprint density at radius 1 is 1.64 bits per heavy atom. The summed E-state index contributed by atoms with van der Waals surface area (Å²) in [5.74, 6) is 0.979. The third-order valence-electron chi connectivity index (χ3n) is 1.56. The number of nitrogen functional groups attached to an aromatic ring is 1. The molecule has 0 aliphatic heterocycles. The molecule has 0 spiro atoms. The highest BCUT2D eigenvalue weighted by Gasteiger charge is 2.07. The van der Waals surface area contributed by atoms with Crippen molar-refractivity contribution in [3.05, 3.63) is 6.20 Å². The fraction of sp³-hybridized carbons (Fsp3) is 0.571. The summed E-state index contributed by atoms with van der Waals surface area (Å²) in [6, 6.07) is 0. The fourth-order valence-electron chi connectivity index (χ4n) is 1.11. The molecule has 0 bridgehead atoms. The van der Waals surface area contributed by atoms with Crippen LogP contribution in [0.25, 0.3) is 0 Å². The van der Waals surface area contributed by atoms with E-state index in [4.69, 9.17) is 5.73 Å². The molecule has 0 saturated heterocycles. The molecule has 1 rings (SSSR count). The topological polar surface area (TPSA) is 47.1 Å². The van der Waals surface area contributed by atoms with Crippen molar-refractivity contribution >= 4 is 11.5 Å². The maximum Gasteiger partial charge on any atom is 0.149 e. The average molecular weight is 154 g/mol. The maximum absolute atomic E-state index is 5.69. The summed E-state index contributed by atoms with van der Waals surface area (Å²) in [7, 11) is 3.92. The molecule has 2 N–H and O–H groups in total. The van der Waals surface area contributed by atoms with Gasteiger partial charge in [-0.25, -0.2) is 4.68 Å². The highest BCUT2D eigenvalue weighted by atomic mass is 15.4. The summed E-state index contributed by atoms with van der Waals surface area (Å²) in [5, 5.41) is 4.11. The first-order valence-electron chi connectivity index (χ1n) is 3.65. The van der Waals surface area contributed by atoms with Crippen LogP contribution in [0.4, 0.5) is 11.5 Å². The normalized spacial score (nSPS) is 10.1. The predicted molar refractivity (Wildman–Crippen MR) is 46.6 cm³/mol. The summed E-state index contributed by atoms with van der Waals surface area (Å²) in [5.41, 5.74) is 6.43. The first-order valence-corrected chi connectivity index (χ1v) is 3.65. The molecule has 0 aliphatic carbocycles. The lowest BCUT2D eigenvalue weighted by atomic mass is 10.5. The summed E-state index contributed by atoms with van der Waals surface area (Å²) in [6.45, 7) is 2.89. The molecule has 0 saturated carbocycles. The number of rotatable bonds is 2. The van der Waals surface area contributed by atoms with Crippen LogP contribution in [0.5, 0.6) is 0 Å². The molecule has 0 radical (unpaired) electrons. The van der Waals surface area contributed by atoms with E-state index in [2.05, 4.69) is 5.10 Å². The van der Waals surface area contributed by atoms with Crippen molar-refractivity contribution < 1.29 is 0 Å². The van der Waals surface area contributed by atoms with Crippen LogP contribution in [0.1, 0.15) is 6.92 Å². The molecule has 11 heavy (non-hydrogen) atoms. The van der Waals surface area contributed by atoms with E-state index in [-0.39, 0.29) is 0 Å². The number of nitrogens with two attached hydrogens (primary N) is 1. The molecule has 1 heterocycles. The quantitative estimate of drug-likeness (QED) is 0.676. The first-order chi connectivity index (χ1) is 5.16. The lowest BCUT2D eigenvalue weighted by Gasteiger charge is -2.14. The molecule has 62 valence electrons. The zero-order chi connectivity index (χ0) is 8.43. The third kappa shape index (κ3) is 1.29. The van der Waals surface area contributed by atoms with Crippen LogP contribution < -0.4 is 10.6 Å². The lowest BCUT2D eigenvalue weighted by Crippen LogP contribution is -2.15. The van der Waals surface area contributed by atoms with Gasteiger partial charge in [0.2, 0.25) is 0 Å². The summed E-state index contributed by atoms with van der Waals surface area (Å²) < 4.78 is 1.87. The Kier molecular flexibility index (Phi) is 2.03. The minimum Gasteiger partial charge on any atom is -0.394 e. The Morgan fingerprint density at radius 3 is 2.64 bits per heavy atom. The van der Waals surface area contributed by atoms with Crippen LogP contribution >= 0.6 is 0 Å². The highest BCUT2D eigenvalue weighted by Crippen LogP contribution is 2.19. The van der Waals surface area contributed by atoms with Gasteiger partial charge in [-0.15, -0.1) is 0 Å². The van der Waals surface area contributed by atoms with Gasteiger partial charge in [0.25, 0.3) is 0 Å². The second-order valence-corrected chi connectivity index (χ2v) is 2.63. The SMILES string of the molecule is CCn1ncc(N)c1N(C)C. The van der Waals surface area contributed by atoms with Crippen LogP contribution in [-0.2, 0) is 6.54 Å². The van der Waals surface area contributed by atoms with Crippen molar-refractivity contribution in [1.82, 2.24) is 9.78 Å². The van der Waals surface area contributed by atoms with Crippen LogP contribution in [0.2, 0.25) is 0 Å². The molecule has 0 aliphatic rings. The van der Waals surface area contributed by atoms with Gasteiger partial charge in [0, 0.05) is 20.6 Å². The Labute approximate surface area is 66.6 Å². The molecule has 0 fully saturated rings. The molecule has 0 atom stereocenters. The summed E-state index contributed by atoms with van der Waals surface area (Å²) in [4.78, 5) is 1.96. The van der Waals surface area contributed by atoms with Crippen molar-refractivity contribution in [2.24, 2.45) is 0 Å². The van der Waals surface area contributed by atoms with Gasteiger partial charge < -0.3 is 10.6 Å². The molecular weight excluding hydrogens is 140 g/mol. The second-order valence-electron chi connectivity index (χ2n) is 2.63. The van der Waals surface area contributed by atoms with E-state index in [1.165, 1.54) is 0 Å². The Bertz CT molecular complexity index is 239. The smallest absolute Gasteiger partial charge is 0.149 e. The third-order valence-corrected chi connectivity index (χ3v) is 1.56. The van der Waals surface area contributed by atoms with E-state index in [1.54, 1.807) is 6.20 Å². The number of anilines is 2. The Hall–Kier alpha value is -1.19. The van der Waals surface area contributed by atoms with Gasteiger partial charge in [-0.3, -0.25) is 0 Å². The number of hydrogen-bond acceptors (Lipinski definition) is 3. The van der Waals surface area contributed by atoms with Gasteiger partial charge in [0.1, 0.15) is 5.82 Å². The molecule has 1 aromatic heterocycles. The zero-order valence-electron chi connectivity index (χ0n) is 7.20. The first kappa shape index (κ1) is 7.91. The van der Waals surface area contributed by atoms with Crippen LogP contribution in [-0.4, -0.2) is 23.9 Å². The number of hydrogen-bond donors (Lipinski definition) is 1. The fourth-order valence-corrected chi connectivity index (χ4v) is 1.11. The molecule has 4 nitrogen and oxygen atoms in total. The van der Waals surface area contributed by atoms with Crippen molar-refractivity contribution in [2.45, 2.75) is 13.5 Å². The Balaban J connectivity index is 3.07. The average Bonchev–Trinajstić information content (AvgIpc) is 2.30. The van der Waals surface area contributed by atoms with E-state index in [9.17, 15) is 0 Å². The number of aromatic nitrogens is 2. The zero-order valence-corrected chi connectivity index (χ0v) is 7.20. The van der Waals surface area contributed by atoms with E-state index in [1.807, 2.05) is 30.6 Å². The molecule has 0 amide bonds. The van der Waals surface area contributed by atoms with E-state index in [0.717, 1.165) is 18.1 Å². The van der Waals surface area contributed by atoms with Crippen LogP contribution in [0.3, 0.4) is 0 Å². The lowest BCUT2D eigenvalue weighted by molar-refractivity contribution is 0.655. The van der Waals surface area contributed by atoms with Gasteiger partial charge in [-0.2, -0.15) is 5.10 Å². The van der Waals surface area contributed by atoms with Crippen molar-refractivity contribution in [3.63, 3.8) is 0 Å². The highest BCUT2D eigenvalue weighted by molar-refractivity contribution is 5.61. The van der Waals surface area contributed by atoms with Crippen LogP contribution in [0, 0.1) is 0 Å². The largest absolute Gasteiger partial charge is 0.394 e. The monoisotopic (exact) mass is 154 g/mol. The number of aryl methyl sites for hydroxylation is 1. The van der Waals surface area contributed by atoms with Crippen molar-refractivity contribution in [2.75, 3.05) is 24.7 Å². The molecule has 0 aromatic carbocycles. The van der Waals surface area contributed by atoms with Crippen molar-refractivity contribution in [3.8, 4) is 0 Å². The second kappa shape index (κ2) is 2.82. The van der Waals surface area contributed by atoms with Gasteiger partial charge in [-0.05, 0) is 6.92 Å². The number of nitrogens with zero attached hydrogens (tertiary/aromatic N) is 3. The van der Waals surface area contributed by atoms with Crippen molar-refractivity contribution in [1.29, 1.82) is 0 Å². The van der Waals surface area contributed by atoms with Gasteiger partial charge in [0.05, 0.1) is 11.9 Å². The molecule has 4 heteroatoms. The molecule has 1 aromatic rings. The minimum atomic E-state index is 0.733. The summed E-state index contributed by atoms with van der Waals surface area (Å²) >= 11 is 0. The Morgan fingerprint density at radius 2 is 2.27 bits per heavy atom. The van der Waals surface area contributed by atoms with E-state index < -0.39 is 0 Å².